The van der Waals surface area contributed by atoms with Crippen molar-refractivity contribution < 1.29 is 14.3 Å². The molecule has 2 unspecified atom stereocenters. The van der Waals surface area contributed by atoms with Crippen LogP contribution < -0.4 is 10.5 Å². The largest absolute Gasteiger partial charge is 0.497 e. The molecule has 7 heteroatoms. The number of halogens is 1. The molecule has 2 amide bonds. The minimum atomic E-state index is -0.188. The van der Waals surface area contributed by atoms with Crippen LogP contribution in [0.15, 0.2) is 24.3 Å². The maximum Gasteiger partial charge on any atom is 0.227 e. The van der Waals surface area contributed by atoms with Crippen molar-refractivity contribution in [3.05, 3.63) is 29.8 Å². The smallest absolute Gasteiger partial charge is 0.227 e. The molecule has 1 aliphatic heterocycles. The van der Waals surface area contributed by atoms with Gasteiger partial charge in [0, 0.05) is 38.6 Å². The predicted molar refractivity (Wildman–Crippen MR) is 109 cm³/mol. The van der Waals surface area contributed by atoms with Crippen LogP contribution in [0.1, 0.15) is 32.3 Å². The van der Waals surface area contributed by atoms with E-state index < -0.39 is 0 Å². The molecule has 1 aliphatic rings. The van der Waals surface area contributed by atoms with Crippen molar-refractivity contribution >= 4 is 24.2 Å². The average molecular weight is 398 g/mol. The Morgan fingerprint density at radius 1 is 1.07 bits per heavy atom. The number of nitrogens with zero attached hydrogens (tertiary/aromatic N) is 2. The van der Waals surface area contributed by atoms with Crippen molar-refractivity contribution in [1.29, 1.82) is 0 Å². The van der Waals surface area contributed by atoms with Gasteiger partial charge >= 0.3 is 0 Å². The summed E-state index contributed by atoms with van der Waals surface area (Å²) >= 11 is 0. The van der Waals surface area contributed by atoms with Crippen molar-refractivity contribution in [3.63, 3.8) is 0 Å². The molecule has 0 bridgehead atoms. The molecule has 0 aromatic heterocycles. The molecule has 0 radical (unpaired) electrons. The number of rotatable bonds is 6. The Balaban J connectivity index is 0.00000364. The van der Waals surface area contributed by atoms with Crippen LogP contribution in [-0.2, 0) is 16.0 Å². The van der Waals surface area contributed by atoms with E-state index >= 15 is 0 Å². The molecular formula is C20H32ClN3O3. The third-order valence-electron chi connectivity index (χ3n) is 5.13. The number of amides is 2. The monoisotopic (exact) mass is 397 g/mol. The fraction of sp³-hybridized carbons (Fsp3) is 0.600. The lowest BCUT2D eigenvalue weighted by Crippen LogP contribution is -2.43. The van der Waals surface area contributed by atoms with Gasteiger partial charge in [0.2, 0.25) is 11.8 Å². The van der Waals surface area contributed by atoms with Gasteiger partial charge in [-0.15, -0.1) is 12.4 Å². The second-order valence-corrected chi connectivity index (χ2v) is 7.06. The zero-order chi connectivity index (χ0) is 19.1. The molecule has 0 aliphatic carbocycles. The second-order valence-electron chi connectivity index (χ2n) is 7.06. The first-order valence-electron chi connectivity index (χ1n) is 9.37. The first-order valence-corrected chi connectivity index (χ1v) is 9.37. The minimum absolute atomic E-state index is 0. The molecule has 6 nitrogen and oxygen atoms in total. The van der Waals surface area contributed by atoms with Gasteiger partial charge in [-0.1, -0.05) is 19.1 Å². The van der Waals surface area contributed by atoms with E-state index in [1.165, 1.54) is 0 Å². The summed E-state index contributed by atoms with van der Waals surface area (Å²) in [6.45, 7) is 6.31. The van der Waals surface area contributed by atoms with Gasteiger partial charge in [0.25, 0.3) is 0 Å². The first-order chi connectivity index (χ1) is 12.4. The van der Waals surface area contributed by atoms with Crippen LogP contribution in [0.25, 0.3) is 0 Å². The number of methoxy groups -OCH3 is 1. The Kier molecular flexibility index (Phi) is 9.60. The Morgan fingerprint density at radius 2 is 1.67 bits per heavy atom. The van der Waals surface area contributed by atoms with E-state index in [9.17, 15) is 9.59 Å². The van der Waals surface area contributed by atoms with E-state index in [0.29, 0.717) is 39.0 Å². The standard InChI is InChI=1S/C20H31N3O3.ClH/c1-15(16(2)21)20(25)23-12-4-11-22(13-14-23)19(24)10-7-17-5-8-18(26-3)9-6-17;/h5-6,8-9,15-16H,4,7,10-14,21H2,1-3H3;1H. The van der Waals surface area contributed by atoms with Gasteiger partial charge in [0.05, 0.1) is 13.0 Å². The van der Waals surface area contributed by atoms with E-state index in [0.717, 1.165) is 17.7 Å². The number of nitrogens with two attached hydrogens (primary N) is 1. The molecular weight excluding hydrogens is 366 g/mol. The number of hydrogen-bond donors (Lipinski definition) is 1. The number of benzene rings is 1. The van der Waals surface area contributed by atoms with Crippen molar-refractivity contribution in [2.24, 2.45) is 11.7 Å². The molecule has 1 aromatic rings. The summed E-state index contributed by atoms with van der Waals surface area (Å²) in [5, 5.41) is 0. The van der Waals surface area contributed by atoms with Gasteiger partial charge in [0.1, 0.15) is 5.75 Å². The molecule has 0 spiro atoms. The Hall–Kier alpha value is -1.79. The van der Waals surface area contributed by atoms with Crippen LogP contribution in [0.4, 0.5) is 0 Å². The number of hydrogen-bond acceptors (Lipinski definition) is 4. The van der Waals surface area contributed by atoms with Crippen LogP contribution in [0, 0.1) is 5.92 Å². The summed E-state index contributed by atoms with van der Waals surface area (Å²) in [5.74, 6) is 0.869. The van der Waals surface area contributed by atoms with Gasteiger partial charge in [-0.2, -0.15) is 0 Å². The minimum Gasteiger partial charge on any atom is -0.497 e. The zero-order valence-corrected chi connectivity index (χ0v) is 17.3. The molecule has 2 atom stereocenters. The molecule has 152 valence electrons. The second kappa shape index (κ2) is 11.1. The van der Waals surface area contributed by atoms with E-state index in [1.54, 1.807) is 7.11 Å². The van der Waals surface area contributed by atoms with E-state index in [4.69, 9.17) is 10.5 Å². The Bertz CT molecular complexity index is 607. The average Bonchev–Trinajstić information content (AvgIpc) is 2.91. The highest BCUT2D eigenvalue weighted by Crippen LogP contribution is 2.14. The molecule has 1 heterocycles. The Morgan fingerprint density at radius 3 is 2.26 bits per heavy atom. The molecule has 27 heavy (non-hydrogen) atoms. The maximum absolute atomic E-state index is 12.5. The van der Waals surface area contributed by atoms with Crippen LogP contribution in [-0.4, -0.2) is 60.9 Å². The Labute approximate surface area is 168 Å². The number of ether oxygens (including phenoxy) is 1. The lowest BCUT2D eigenvalue weighted by molar-refractivity contribution is -0.136. The lowest BCUT2D eigenvalue weighted by atomic mass is 10.0. The summed E-state index contributed by atoms with van der Waals surface area (Å²) in [4.78, 5) is 28.7. The molecule has 1 saturated heterocycles. The summed E-state index contributed by atoms with van der Waals surface area (Å²) in [6, 6.07) is 7.64. The molecule has 0 saturated carbocycles. The first kappa shape index (κ1) is 23.2. The fourth-order valence-electron chi connectivity index (χ4n) is 3.10. The van der Waals surface area contributed by atoms with Crippen LogP contribution in [0.2, 0.25) is 0 Å². The van der Waals surface area contributed by atoms with Crippen molar-refractivity contribution in [3.8, 4) is 5.75 Å². The summed E-state index contributed by atoms with van der Waals surface area (Å²) < 4.78 is 5.15. The molecule has 2 N–H and O–H groups in total. The topological polar surface area (TPSA) is 75.9 Å². The number of carbonyl (C=O) groups excluding carboxylic acids is 2. The molecule has 2 rings (SSSR count). The maximum atomic E-state index is 12.5. The van der Waals surface area contributed by atoms with Crippen LogP contribution in [0.3, 0.4) is 0 Å². The van der Waals surface area contributed by atoms with Crippen molar-refractivity contribution in [2.45, 2.75) is 39.2 Å². The molecule has 1 fully saturated rings. The fourth-order valence-corrected chi connectivity index (χ4v) is 3.10. The predicted octanol–water partition coefficient (Wildman–Crippen LogP) is 2.09. The highest BCUT2D eigenvalue weighted by Gasteiger charge is 2.26. The zero-order valence-electron chi connectivity index (χ0n) is 16.5. The number of carbonyl (C=O) groups is 2. The summed E-state index contributed by atoms with van der Waals surface area (Å²) in [5.41, 5.74) is 6.97. The van der Waals surface area contributed by atoms with Gasteiger partial charge in [-0.05, 0) is 37.5 Å². The summed E-state index contributed by atoms with van der Waals surface area (Å²) in [7, 11) is 1.64. The van der Waals surface area contributed by atoms with E-state index in [2.05, 4.69) is 0 Å². The van der Waals surface area contributed by atoms with Crippen molar-refractivity contribution in [2.75, 3.05) is 33.3 Å². The quantitative estimate of drug-likeness (QED) is 0.797. The van der Waals surface area contributed by atoms with Gasteiger partial charge in [-0.3, -0.25) is 9.59 Å². The highest BCUT2D eigenvalue weighted by molar-refractivity contribution is 5.85. The SMILES string of the molecule is COc1ccc(CCC(=O)N2CCCN(C(=O)C(C)C(C)N)CC2)cc1.Cl. The third kappa shape index (κ3) is 6.70. The summed E-state index contributed by atoms with van der Waals surface area (Å²) in [6.07, 6.45) is 2.01. The van der Waals surface area contributed by atoms with Gasteiger partial charge in [-0.25, -0.2) is 0 Å². The normalized spacial score (nSPS) is 16.7. The van der Waals surface area contributed by atoms with Crippen LogP contribution >= 0.6 is 12.4 Å². The van der Waals surface area contributed by atoms with Gasteiger partial charge in [0.15, 0.2) is 0 Å². The highest BCUT2D eigenvalue weighted by atomic mass is 35.5. The van der Waals surface area contributed by atoms with E-state index in [-0.39, 0.29) is 36.2 Å². The van der Waals surface area contributed by atoms with Crippen LogP contribution in [0.5, 0.6) is 5.75 Å². The molecule has 1 aromatic carbocycles. The van der Waals surface area contributed by atoms with Crippen molar-refractivity contribution in [1.82, 2.24) is 9.80 Å². The third-order valence-corrected chi connectivity index (χ3v) is 5.13. The van der Waals surface area contributed by atoms with Gasteiger partial charge < -0.3 is 20.3 Å². The number of aryl methyl sites for hydroxylation is 1. The lowest BCUT2D eigenvalue weighted by Gasteiger charge is -2.26. The van der Waals surface area contributed by atoms with E-state index in [1.807, 2.05) is 47.9 Å².